The third-order valence-corrected chi connectivity index (χ3v) is 2.34. The van der Waals surface area contributed by atoms with Gasteiger partial charge >= 0.3 is 0 Å². The van der Waals surface area contributed by atoms with Crippen molar-refractivity contribution in [3.8, 4) is 0 Å². The van der Waals surface area contributed by atoms with E-state index in [1.807, 2.05) is 6.07 Å². The highest BCUT2D eigenvalue weighted by Gasteiger charge is 1.92. The maximum absolute atomic E-state index is 4.69. The van der Waals surface area contributed by atoms with Gasteiger partial charge < -0.3 is 0 Å². The molecule has 0 aliphatic rings. The Morgan fingerprint density at radius 2 is 2.00 bits per heavy atom. The number of hydrogen-bond acceptors (Lipinski definition) is 3. The molecule has 0 fully saturated rings. The quantitative estimate of drug-likeness (QED) is 0.303. The zero-order valence-electron chi connectivity index (χ0n) is 7.73. The number of rotatable bonds is 6. The van der Waals surface area contributed by atoms with E-state index < -0.39 is 0 Å². The van der Waals surface area contributed by atoms with Gasteiger partial charge in [-0.25, -0.2) is 4.89 Å². The molecule has 0 heterocycles. The van der Waals surface area contributed by atoms with Gasteiger partial charge in [0.25, 0.3) is 0 Å². The second-order valence-electron chi connectivity index (χ2n) is 2.65. The lowest BCUT2D eigenvalue weighted by Gasteiger charge is -1.99. The first-order chi connectivity index (χ1) is 6.43. The highest BCUT2D eigenvalue weighted by molar-refractivity contribution is 7.94. The summed E-state index contributed by atoms with van der Waals surface area (Å²) in [4.78, 5) is 4.46. The van der Waals surface area contributed by atoms with Crippen LogP contribution in [-0.4, -0.2) is 12.9 Å². The summed E-state index contributed by atoms with van der Waals surface area (Å²) in [6.07, 6.45) is 2.21. The summed E-state index contributed by atoms with van der Waals surface area (Å²) >= 11 is 1.35. The topological polar surface area (TPSA) is 18.5 Å². The minimum atomic E-state index is 0.961. The Morgan fingerprint density at radius 1 is 1.23 bits per heavy atom. The fraction of sp³-hybridized carbons (Fsp3) is 0.400. The van der Waals surface area contributed by atoms with E-state index in [4.69, 9.17) is 0 Å². The van der Waals surface area contributed by atoms with Gasteiger partial charge in [-0.05, 0) is 18.4 Å². The number of benzene rings is 1. The lowest BCUT2D eigenvalue weighted by molar-refractivity contribution is -0.160. The van der Waals surface area contributed by atoms with Crippen molar-refractivity contribution in [2.24, 2.45) is 0 Å². The molecule has 1 rings (SSSR count). The van der Waals surface area contributed by atoms with Crippen LogP contribution in [0.15, 0.2) is 30.3 Å². The van der Waals surface area contributed by atoms with Gasteiger partial charge in [-0.1, -0.05) is 30.3 Å². The maximum atomic E-state index is 4.69. The van der Waals surface area contributed by atoms with E-state index in [1.165, 1.54) is 24.7 Å². The Bertz CT molecular complexity index is 213. The van der Waals surface area contributed by atoms with E-state index >= 15 is 0 Å². The maximum Gasteiger partial charge on any atom is 0.0725 e. The third-order valence-electron chi connectivity index (χ3n) is 1.65. The largest absolute Gasteiger partial charge is 0.228 e. The Balaban J connectivity index is 2.07. The molecule has 0 bridgehead atoms. The van der Waals surface area contributed by atoms with Crippen molar-refractivity contribution in [3.05, 3.63) is 35.9 Å². The van der Waals surface area contributed by atoms with Crippen LogP contribution in [0.3, 0.4) is 0 Å². The first-order valence-corrected chi connectivity index (χ1v) is 5.21. The van der Waals surface area contributed by atoms with Crippen molar-refractivity contribution in [1.82, 2.24) is 0 Å². The molecule has 0 radical (unpaired) electrons. The summed E-state index contributed by atoms with van der Waals surface area (Å²) in [6.45, 7) is 0. The first kappa shape index (κ1) is 10.6. The predicted molar refractivity (Wildman–Crippen MR) is 55.3 cm³/mol. The molecule has 1 aromatic rings. The molecule has 1 aromatic carbocycles. The highest BCUT2D eigenvalue weighted by Crippen LogP contribution is 2.08. The fourth-order valence-electron chi connectivity index (χ4n) is 1.06. The molecular weight excluding hydrogens is 184 g/mol. The average Bonchev–Trinajstić information content (AvgIpc) is 2.19. The molecule has 2 nitrogen and oxygen atoms in total. The molecule has 0 atom stereocenters. The lowest BCUT2D eigenvalue weighted by atomic mass is 10.1. The minimum Gasteiger partial charge on any atom is -0.228 e. The van der Waals surface area contributed by atoms with Gasteiger partial charge in [-0.15, -0.1) is 0 Å². The second-order valence-corrected chi connectivity index (χ2v) is 3.43. The summed E-state index contributed by atoms with van der Waals surface area (Å²) in [5.74, 6) is 0.961. The third kappa shape index (κ3) is 4.93. The normalized spacial score (nSPS) is 10.2. The smallest absolute Gasteiger partial charge is 0.0725 e. The highest BCUT2D eigenvalue weighted by atomic mass is 32.2. The van der Waals surface area contributed by atoms with Gasteiger partial charge in [-0.3, -0.25) is 0 Å². The van der Waals surface area contributed by atoms with Crippen molar-refractivity contribution in [3.63, 3.8) is 0 Å². The summed E-state index contributed by atoms with van der Waals surface area (Å²) in [6, 6.07) is 10.4. The zero-order valence-corrected chi connectivity index (χ0v) is 8.55. The van der Waals surface area contributed by atoms with Crippen molar-refractivity contribution in [2.75, 3.05) is 12.9 Å². The molecule has 0 aliphatic carbocycles. The van der Waals surface area contributed by atoms with E-state index in [1.54, 1.807) is 0 Å². The van der Waals surface area contributed by atoms with Crippen LogP contribution in [0.2, 0.25) is 0 Å². The predicted octanol–water partition coefficient (Wildman–Crippen LogP) is 2.85. The Morgan fingerprint density at radius 3 is 2.69 bits per heavy atom. The van der Waals surface area contributed by atoms with Gasteiger partial charge in [-0.2, -0.15) is 4.33 Å². The molecule has 3 heteroatoms. The molecule has 72 valence electrons. The van der Waals surface area contributed by atoms with Crippen LogP contribution in [-0.2, 0) is 15.6 Å². The SMILES string of the molecule is COOSCCCc1ccccc1. The average molecular weight is 198 g/mol. The van der Waals surface area contributed by atoms with Crippen molar-refractivity contribution >= 4 is 12.0 Å². The molecule has 0 unspecified atom stereocenters. The summed E-state index contributed by atoms with van der Waals surface area (Å²) in [5, 5.41) is 0. The monoisotopic (exact) mass is 198 g/mol. The van der Waals surface area contributed by atoms with Crippen LogP contribution in [0.25, 0.3) is 0 Å². The van der Waals surface area contributed by atoms with E-state index in [0.717, 1.165) is 18.6 Å². The van der Waals surface area contributed by atoms with Gasteiger partial charge in [0.1, 0.15) is 0 Å². The minimum absolute atomic E-state index is 0.961. The summed E-state index contributed by atoms with van der Waals surface area (Å²) in [5.41, 5.74) is 1.38. The standard InChI is InChI=1S/C10H14O2S/c1-11-12-13-9-5-8-10-6-3-2-4-7-10/h2-4,6-7H,5,8-9H2,1H3. The van der Waals surface area contributed by atoms with Crippen LogP contribution in [0, 0.1) is 0 Å². The number of aryl methyl sites for hydroxylation is 1. The van der Waals surface area contributed by atoms with Gasteiger partial charge in [0.05, 0.1) is 7.11 Å². The summed E-state index contributed by atoms with van der Waals surface area (Å²) in [7, 11) is 1.52. The Labute approximate surface area is 83.4 Å². The van der Waals surface area contributed by atoms with Gasteiger partial charge in [0.2, 0.25) is 0 Å². The second kappa shape index (κ2) is 6.95. The molecular formula is C10H14O2S. The molecule has 0 spiro atoms. The fourth-order valence-corrected chi connectivity index (χ4v) is 1.49. The molecule has 0 saturated heterocycles. The molecule has 13 heavy (non-hydrogen) atoms. The first-order valence-electron chi connectivity index (χ1n) is 4.29. The summed E-state index contributed by atoms with van der Waals surface area (Å²) < 4.78 is 4.69. The molecule has 0 aromatic heterocycles. The van der Waals surface area contributed by atoms with Gasteiger partial charge in [0.15, 0.2) is 0 Å². The zero-order chi connectivity index (χ0) is 9.36. The molecule has 0 amide bonds. The van der Waals surface area contributed by atoms with Gasteiger partial charge in [0, 0.05) is 17.8 Å². The molecule has 0 saturated carbocycles. The van der Waals surface area contributed by atoms with E-state index in [-0.39, 0.29) is 0 Å². The van der Waals surface area contributed by atoms with Crippen LogP contribution in [0.4, 0.5) is 0 Å². The van der Waals surface area contributed by atoms with Crippen molar-refractivity contribution < 1.29 is 9.22 Å². The van der Waals surface area contributed by atoms with Crippen molar-refractivity contribution in [1.29, 1.82) is 0 Å². The number of hydrogen-bond donors (Lipinski definition) is 0. The van der Waals surface area contributed by atoms with E-state index in [0.29, 0.717) is 0 Å². The Kier molecular flexibility index (Phi) is 5.65. The lowest BCUT2D eigenvalue weighted by Crippen LogP contribution is -1.88. The van der Waals surface area contributed by atoms with Crippen LogP contribution in [0.1, 0.15) is 12.0 Å². The van der Waals surface area contributed by atoms with E-state index in [2.05, 4.69) is 33.5 Å². The van der Waals surface area contributed by atoms with E-state index in [9.17, 15) is 0 Å². The molecule has 0 aliphatic heterocycles. The van der Waals surface area contributed by atoms with Crippen molar-refractivity contribution in [2.45, 2.75) is 12.8 Å². The van der Waals surface area contributed by atoms with Crippen LogP contribution in [0.5, 0.6) is 0 Å². The van der Waals surface area contributed by atoms with Crippen LogP contribution < -0.4 is 0 Å². The van der Waals surface area contributed by atoms with Crippen LogP contribution >= 0.6 is 12.0 Å². The Hall–Kier alpha value is -0.510. The molecule has 0 N–H and O–H groups in total.